The van der Waals surface area contributed by atoms with Gasteiger partial charge in [-0.15, -0.1) is 11.3 Å². The number of aromatic nitrogens is 2. The Morgan fingerprint density at radius 2 is 2.11 bits per heavy atom. The largest absolute Gasteiger partial charge is 0.369 e. The number of hydrogen-bond donors (Lipinski definition) is 1. The zero-order valence-corrected chi connectivity index (χ0v) is 16.8. The van der Waals surface area contributed by atoms with Gasteiger partial charge < -0.3 is 10.2 Å². The number of nitrogens with zero attached hydrogens (tertiary/aromatic N) is 3. The van der Waals surface area contributed by atoms with Gasteiger partial charge in [0.25, 0.3) is 5.91 Å². The number of likely N-dealkylation sites (tertiary alicyclic amines) is 1. The van der Waals surface area contributed by atoms with Gasteiger partial charge in [0.15, 0.2) is 0 Å². The summed E-state index contributed by atoms with van der Waals surface area (Å²) in [6.45, 7) is 3.75. The first kappa shape index (κ1) is 17.6. The van der Waals surface area contributed by atoms with Crippen LogP contribution in [0.5, 0.6) is 0 Å². The molecule has 6 heteroatoms. The van der Waals surface area contributed by atoms with Gasteiger partial charge in [-0.1, -0.05) is 30.3 Å². The van der Waals surface area contributed by atoms with Gasteiger partial charge >= 0.3 is 0 Å². The molecule has 5 rings (SSSR count). The normalized spacial score (nSPS) is 20.8. The van der Waals surface area contributed by atoms with Crippen LogP contribution in [0, 0.1) is 12.8 Å². The smallest absolute Gasteiger partial charge is 0.264 e. The molecule has 0 radical (unpaired) electrons. The minimum absolute atomic E-state index is 0.183. The summed E-state index contributed by atoms with van der Waals surface area (Å²) in [6.07, 6.45) is 6.14. The Labute approximate surface area is 168 Å². The number of rotatable bonds is 5. The van der Waals surface area contributed by atoms with Crippen LogP contribution in [0.15, 0.2) is 36.7 Å². The summed E-state index contributed by atoms with van der Waals surface area (Å²) in [5, 5.41) is 4.45. The van der Waals surface area contributed by atoms with Crippen LogP contribution in [0.4, 0.5) is 5.82 Å². The third-order valence-electron chi connectivity index (χ3n) is 6.14. The Morgan fingerprint density at radius 1 is 1.25 bits per heavy atom. The summed E-state index contributed by atoms with van der Waals surface area (Å²) >= 11 is 1.51. The Bertz CT molecular complexity index is 1020. The lowest BCUT2D eigenvalue weighted by molar-refractivity contribution is 0.0708. The lowest BCUT2D eigenvalue weighted by Gasteiger charge is -2.26. The predicted molar refractivity (Wildman–Crippen MR) is 113 cm³/mol. The third kappa shape index (κ3) is 3.05. The lowest BCUT2D eigenvalue weighted by atomic mass is 10.1. The van der Waals surface area contributed by atoms with Gasteiger partial charge in [-0.3, -0.25) is 4.79 Å². The number of piperidine rings is 1. The molecule has 5 nitrogen and oxygen atoms in total. The van der Waals surface area contributed by atoms with Crippen LogP contribution >= 0.6 is 11.3 Å². The van der Waals surface area contributed by atoms with E-state index in [9.17, 15) is 4.79 Å². The van der Waals surface area contributed by atoms with Crippen molar-refractivity contribution in [1.29, 1.82) is 0 Å². The number of anilines is 1. The number of aryl methyl sites for hydroxylation is 1. The topological polar surface area (TPSA) is 58.1 Å². The molecule has 0 unspecified atom stereocenters. The van der Waals surface area contributed by atoms with Gasteiger partial charge in [-0.25, -0.2) is 9.97 Å². The molecule has 2 bridgehead atoms. The second-order valence-electron chi connectivity index (χ2n) is 7.91. The molecule has 0 spiro atoms. The van der Waals surface area contributed by atoms with E-state index < -0.39 is 0 Å². The van der Waals surface area contributed by atoms with E-state index in [0.717, 1.165) is 52.4 Å². The Hall–Kier alpha value is -2.47. The molecule has 1 saturated heterocycles. The van der Waals surface area contributed by atoms with Crippen molar-refractivity contribution in [3.63, 3.8) is 0 Å². The number of benzene rings is 1. The number of hydrogen-bond acceptors (Lipinski definition) is 5. The molecule has 1 aliphatic carbocycles. The molecular weight excluding hydrogens is 368 g/mol. The van der Waals surface area contributed by atoms with Gasteiger partial charge in [0.1, 0.15) is 17.0 Å². The molecule has 2 aliphatic rings. The van der Waals surface area contributed by atoms with Crippen LogP contribution in [0.25, 0.3) is 10.2 Å². The average Bonchev–Trinajstić information content (AvgIpc) is 3.43. The number of thiophene rings is 1. The maximum Gasteiger partial charge on any atom is 0.264 e. The Kier molecular flexibility index (Phi) is 4.51. The van der Waals surface area contributed by atoms with Crippen LogP contribution in [0.2, 0.25) is 0 Å². The minimum atomic E-state index is 0.183. The van der Waals surface area contributed by atoms with Crippen molar-refractivity contribution in [2.75, 3.05) is 18.4 Å². The molecule has 1 aromatic carbocycles. The van der Waals surface area contributed by atoms with Crippen LogP contribution < -0.4 is 5.32 Å². The summed E-state index contributed by atoms with van der Waals surface area (Å²) in [4.78, 5) is 25.9. The standard InChI is InChI=1S/C22H24N4OS/c1-14-18-20(23-10-9-15-5-3-2-4-6-15)24-13-25-21(18)28-19(14)22(27)26-12-16-7-8-17(26)11-16/h2-6,13,16-17H,7-12H2,1H3,(H,23,24,25)/t16-,17+/m1/s1. The number of fused-ring (bicyclic) bond motifs is 3. The number of amides is 1. The fourth-order valence-electron chi connectivity index (χ4n) is 4.68. The summed E-state index contributed by atoms with van der Waals surface area (Å²) in [7, 11) is 0. The van der Waals surface area contributed by atoms with Crippen LogP contribution in [-0.2, 0) is 6.42 Å². The molecule has 2 aromatic heterocycles. The SMILES string of the molecule is Cc1c(C(=O)N2C[C@@H]3CC[C@H]2C3)sc2ncnc(NCCc3ccccc3)c12. The van der Waals surface area contributed by atoms with Crippen molar-refractivity contribution < 1.29 is 4.79 Å². The first-order chi connectivity index (χ1) is 13.7. The quantitative estimate of drug-likeness (QED) is 0.704. The van der Waals surface area contributed by atoms with E-state index in [1.54, 1.807) is 6.33 Å². The second-order valence-corrected chi connectivity index (χ2v) is 8.91. The van der Waals surface area contributed by atoms with Gasteiger partial charge in [0.2, 0.25) is 0 Å². The van der Waals surface area contributed by atoms with E-state index in [-0.39, 0.29) is 5.91 Å². The van der Waals surface area contributed by atoms with Gasteiger partial charge in [-0.2, -0.15) is 0 Å². The zero-order valence-electron chi connectivity index (χ0n) is 16.0. The molecule has 144 valence electrons. The first-order valence-electron chi connectivity index (χ1n) is 10.0. The van der Waals surface area contributed by atoms with Crippen molar-refractivity contribution in [2.45, 2.75) is 38.6 Å². The molecule has 28 heavy (non-hydrogen) atoms. The maximum absolute atomic E-state index is 13.2. The number of carbonyl (C=O) groups is 1. The van der Waals surface area contributed by atoms with E-state index in [2.05, 4.69) is 44.5 Å². The third-order valence-corrected chi connectivity index (χ3v) is 7.33. The van der Waals surface area contributed by atoms with E-state index in [4.69, 9.17) is 0 Å². The monoisotopic (exact) mass is 392 g/mol. The van der Waals surface area contributed by atoms with Crippen molar-refractivity contribution in [1.82, 2.24) is 14.9 Å². The summed E-state index contributed by atoms with van der Waals surface area (Å²) in [5.74, 6) is 1.72. The highest BCUT2D eigenvalue weighted by Gasteiger charge is 2.41. The fraction of sp³-hybridized carbons (Fsp3) is 0.409. The highest BCUT2D eigenvalue weighted by molar-refractivity contribution is 7.20. The summed E-state index contributed by atoms with van der Waals surface area (Å²) < 4.78 is 0. The summed E-state index contributed by atoms with van der Waals surface area (Å²) in [5.41, 5.74) is 2.30. The van der Waals surface area contributed by atoms with Crippen molar-refractivity contribution in [2.24, 2.45) is 5.92 Å². The molecule has 3 aromatic rings. The Morgan fingerprint density at radius 3 is 2.86 bits per heavy atom. The molecule has 1 aliphatic heterocycles. The molecule has 1 amide bonds. The number of carbonyl (C=O) groups excluding carboxylic acids is 1. The second kappa shape index (κ2) is 7.17. The molecule has 2 atom stereocenters. The highest BCUT2D eigenvalue weighted by atomic mass is 32.1. The highest BCUT2D eigenvalue weighted by Crippen LogP contribution is 2.40. The van der Waals surface area contributed by atoms with Gasteiger partial charge in [0, 0.05) is 19.1 Å². The van der Waals surface area contributed by atoms with Crippen LogP contribution in [0.3, 0.4) is 0 Å². The van der Waals surface area contributed by atoms with E-state index >= 15 is 0 Å². The van der Waals surface area contributed by atoms with Crippen molar-refractivity contribution in [3.8, 4) is 0 Å². The average molecular weight is 393 g/mol. The van der Waals surface area contributed by atoms with Crippen LogP contribution in [0.1, 0.15) is 40.1 Å². The predicted octanol–water partition coefficient (Wildman–Crippen LogP) is 4.28. The summed E-state index contributed by atoms with van der Waals surface area (Å²) in [6, 6.07) is 10.9. The minimum Gasteiger partial charge on any atom is -0.369 e. The van der Waals surface area contributed by atoms with Gasteiger partial charge in [-0.05, 0) is 49.7 Å². The molecular formula is C22H24N4OS. The zero-order chi connectivity index (χ0) is 19.1. The van der Waals surface area contributed by atoms with Crippen molar-refractivity contribution in [3.05, 3.63) is 52.7 Å². The fourth-order valence-corrected chi connectivity index (χ4v) is 5.79. The van der Waals surface area contributed by atoms with E-state index in [1.165, 1.54) is 29.7 Å². The Balaban J connectivity index is 1.38. The van der Waals surface area contributed by atoms with Crippen molar-refractivity contribution >= 4 is 33.3 Å². The molecule has 1 N–H and O–H groups in total. The maximum atomic E-state index is 13.2. The molecule has 3 heterocycles. The first-order valence-corrected chi connectivity index (χ1v) is 10.8. The van der Waals surface area contributed by atoms with Crippen LogP contribution in [-0.4, -0.2) is 39.9 Å². The lowest BCUT2D eigenvalue weighted by Crippen LogP contribution is -2.37. The molecule has 1 saturated carbocycles. The van der Waals surface area contributed by atoms with Gasteiger partial charge in [0.05, 0.1) is 10.3 Å². The van der Waals surface area contributed by atoms with E-state index in [1.807, 2.05) is 13.0 Å². The number of nitrogens with one attached hydrogen (secondary N) is 1. The van der Waals surface area contributed by atoms with E-state index in [0.29, 0.717) is 12.0 Å². The molecule has 2 fully saturated rings.